The van der Waals surface area contributed by atoms with Gasteiger partial charge in [0, 0.05) is 6.54 Å². The van der Waals surface area contributed by atoms with Gasteiger partial charge >= 0.3 is 0 Å². The van der Waals surface area contributed by atoms with Crippen LogP contribution in [0.1, 0.15) is 11.8 Å². The van der Waals surface area contributed by atoms with Gasteiger partial charge in [-0.05, 0) is 31.3 Å². The summed E-state index contributed by atoms with van der Waals surface area (Å²) >= 11 is 6.51. The van der Waals surface area contributed by atoms with E-state index in [1.165, 1.54) is 11.3 Å². The average molecular weight is 264 g/mol. The minimum absolute atomic E-state index is 0.196. The minimum Gasteiger partial charge on any atom is -0.493 e. The third kappa shape index (κ3) is 2.62. The molecule has 2 rings (SSSR count). The van der Waals surface area contributed by atoms with Crippen LogP contribution in [0.4, 0.5) is 5.69 Å². The van der Waals surface area contributed by atoms with Crippen LogP contribution >= 0.6 is 23.6 Å². The van der Waals surface area contributed by atoms with Crippen LogP contribution in [0.3, 0.4) is 0 Å². The molecule has 1 N–H and O–H groups in total. The highest BCUT2D eigenvalue weighted by molar-refractivity contribution is 7.73. The number of para-hydroxylation sites is 1. The minimum atomic E-state index is 0.196. The molecule has 0 aliphatic heterocycles. The van der Waals surface area contributed by atoms with Gasteiger partial charge in [0.2, 0.25) is 5.88 Å². The first kappa shape index (κ1) is 12.0. The van der Waals surface area contributed by atoms with Crippen molar-refractivity contribution in [1.82, 2.24) is 4.57 Å². The molecule has 0 atom stereocenters. The normalized spacial score (nSPS) is 11.1. The van der Waals surface area contributed by atoms with Gasteiger partial charge in [0.15, 0.2) is 3.95 Å². The van der Waals surface area contributed by atoms with Crippen LogP contribution in [0.25, 0.3) is 0 Å². The zero-order valence-corrected chi connectivity index (χ0v) is 11.0. The lowest BCUT2D eigenvalue weighted by Crippen LogP contribution is -1.92. The summed E-state index contributed by atoms with van der Waals surface area (Å²) in [4.78, 5) is 4.99. The van der Waals surface area contributed by atoms with Crippen molar-refractivity contribution in [2.45, 2.75) is 13.5 Å². The monoisotopic (exact) mass is 264 g/mol. The molecule has 0 radical (unpaired) electrons. The summed E-state index contributed by atoms with van der Waals surface area (Å²) < 4.78 is 2.35. The Morgan fingerprint density at radius 1 is 1.41 bits per heavy atom. The fraction of sp³-hybridized carbons (Fsp3) is 0.167. The van der Waals surface area contributed by atoms with Gasteiger partial charge in [0.1, 0.15) is 4.88 Å². The number of nitrogens with zero attached hydrogens (tertiary/aromatic N) is 2. The Hall–Kier alpha value is -1.46. The molecular formula is C12H12N2OS2. The van der Waals surface area contributed by atoms with Gasteiger partial charge in [-0.2, -0.15) is 0 Å². The molecule has 0 saturated carbocycles. The molecule has 0 amide bonds. The molecule has 0 spiro atoms. The summed E-state index contributed by atoms with van der Waals surface area (Å²) in [7, 11) is 0. The Labute approximate surface area is 109 Å². The molecule has 0 saturated heterocycles. The number of hydrogen-bond acceptors (Lipinski definition) is 4. The summed E-state index contributed by atoms with van der Waals surface area (Å²) in [6.45, 7) is 2.61. The molecule has 0 bridgehead atoms. The summed E-state index contributed by atoms with van der Waals surface area (Å²) in [6, 6.07) is 9.60. The highest BCUT2D eigenvalue weighted by atomic mass is 32.1. The van der Waals surface area contributed by atoms with Crippen molar-refractivity contribution in [2.75, 3.05) is 0 Å². The Bertz CT molecular complexity index is 584. The van der Waals surface area contributed by atoms with Gasteiger partial charge in [0.25, 0.3) is 0 Å². The number of aromatic nitrogens is 1. The molecule has 0 unspecified atom stereocenters. The van der Waals surface area contributed by atoms with Crippen molar-refractivity contribution < 1.29 is 5.11 Å². The second kappa shape index (κ2) is 5.25. The Balaban J connectivity index is 2.31. The first-order valence-electron chi connectivity index (χ1n) is 5.24. The van der Waals surface area contributed by atoms with Crippen molar-refractivity contribution in [3.8, 4) is 5.88 Å². The van der Waals surface area contributed by atoms with Gasteiger partial charge in [-0.1, -0.05) is 29.5 Å². The van der Waals surface area contributed by atoms with Crippen LogP contribution in [0.5, 0.6) is 5.88 Å². The van der Waals surface area contributed by atoms with Crippen molar-refractivity contribution in [1.29, 1.82) is 0 Å². The zero-order chi connectivity index (χ0) is 12.3. The summed E-state index contributed by atoms with van der Waals surface area (Å²) in [5, 5.41) is 9.90. The van der Waals surface area contributed by atoms with Crippen LogP contribution in [-0.4, -0.2) is 15.9 Å². The zero-order valence-electron chi connectivity index (χ0n) is 9.33. The number of thiazole rings is 1. The van der Waals surface area contributed by atoms with Gasteiger partial charge in [-0.3, -0.25) is 9.56 Å². The molecule has 5 heteroatoms. The number of aliphatic imine (C=N–C) groups is 1. The van der Waals surface area contributed by atoms with Gasteiger partial charge in [-0.25, -0.2) is 0 Å². The largest absolute Gasteiger partial charge is 0.493 e. The van der Waals surface area contributed by atoms with E-state index in [1.54, 1.807) is 10.8 Å². The molecule has 88 valence electrons. The first-order chi connectivity index (χ1) is 8.22. The smallest absolute Gasteiger partial charge is 0.212 e. The molecule has 0 aliphatic rings. The van der Waals surface area contributed by atoms with Crippen molar-refractivity contribution in [2.24, 2.45) is 4.99 Å². The second-order valence-corrected chi connectivity index (χ2v) is 5.07. The maximum absolute atomic E-state index is 9.90. The third-order valence-electron chi connectivity index (χ3n) is 2.30. The molecule has 2 aromatic rings. The number of rotatable bonds is 3. The predicted molar refractivity (Wildman–Crippen MR) is 74.2 cm³/mol. The van der Waals surface area contributed by atoms with Crippen LogP contribution in [-0.2, 0) is 6.54 Å². The van der Waals surface area contributed by atoms with E-state index in [1.807, 2.05) is 37.3 Å². The summed E-state index contributed by atoms with van der Waals surface area (Å²) in [5.74, 6) is 0.196. The summed E-state index contributed by atoms with van der Waals surface area (Å²) in [6.07, 6.45) is 1.65. The van der Waals surface area contributed by atoms with Crippen LogP contribution in [0.15, 0.2) is 35.3 Å². The third-order valence-corrected chi connectivity index (χ3v) is 3.67. The molecule has 0 fully saturated rings. The standard InChI is InChI=1S/C12H12N2OS2/c1-2-14-11(15)10(17-12(14)16)8-13-9-6-4-3-5-7-9/h3-8,15H,2H2,1H3. The molecule has 0 aliphatic carbocycles. The fourth-order valence-electron chi connectivity index (χ4n) is 1.42. The predicted octanol–water partition coefficient (Wildman–Crippen LogP) is 3.76. The Kier molecular flexibility index (Phi) is 3.71. The van der Waals surface area contributed by atoms with E-state index in [-0.39, 0.29) is 5.88 Å². The highest BCUT2D eigenvalue weighted by Crippen LogP contribution is 2.24. The molecule has 1 aromatic heterocycles. The van der Waals surface area contributed by atoms with Gasteiger partial charge in [0.05, 0.1) is 11.9 Å². The SMILES string of the molecule is CCn1c(O)c(C=Nc2ccccc2)sc1=S. The number of benzene rings is 1. The van der Waals surface area contributed by atoms with E-state index in [0.29, 0.717) is 15.4 Å². The van der Waals surface area contributed by atoms with Crippen LogP contribution in [0, 0.1) is 3.95 Å². The maximum atomic E-state index is 9.90. The summed E-state index contributed by atoms with van der Waals surface area (Å²) in [5.41, 5.74) is 0.856. The quantitative estimate of drug-likeness (QED) is 0.677. The van der Waals surface area contributed by atoms with Crippen LogP contribution < -0.4 is 0 Å². The Morgan fingerprint density at radius 3 is 2.71 bits per heavy atom. The fourth-order valence-corrected chi connectivity index (χ4v) is 2.73. The van der Waals surface area contributed by atoms with E-state index in [4.69, 9.17) is 12.2 Å². The molecule has 3 nitrogen and oxygen atoms in total. The van der Waals surface area contributed by atoms with Crippen molar-refractivity contribution >= 4 is 35.5 Å². The molecule has 1 aromatic carbocycles. The van der Waals surface area contributed by atoms with Gasteiger partial charge < -0.3 is 5.11 Å². The van der Waals surface area contributed by atoms with Gasteiger partial charge in [-0.15, -0.1) is 0 Å². The average Bonchev–Trinajstić information content (AvgIpc) is 2.63. The van der Waals surface area contributed by atoms with Crippen molar-refractivity contribution in [3.63, 3.8) is 0 Å². The Morgan fingerprint density at radius 2 is 2.12 bits per heavy atom. The van der Waals surface area contributed by atoms with E-state index in [2.05, 4.69) is 4.99 Å². The maximum Gasteiger partial charge on any atom is 0.212 e. The topological polar surface area (TPSA) is 37.5 Å². The lowest BCUT2D eigenvalue weighted by molar-refractivity contribution is 0.419. The number of hydrogen-bond donors (Lipinski definition) is 1. The molecule has 17 heavy (non-hydrogen) atoms. The molecule has 1 heterocycles. The lowest BCUT2D eigenvalue weighted by atomic mass is 10.3. The molecular weight excluding hydrogens is 252 g/mol. The van der Waals surface area contributed by atoms with E-state index in [9.17, 15) is 5.11 Å². The van der Waals surface area contributed by atoms with E-state index >= 15 is 0 Å². The first-order valence-corrected chi connectivity index (χ1v) is 6.46. The highest BCUT2D eigenvalue weighted by Gasteiger charge is 2.07. The lowest BCUT2D eigenvalue weighted by Gasteiger charge is -1.97. The number of aromatic hydroxyl groups is 1. The van der Waals surface area contributed by atoms with Crippen LogP contribution in [0.2, 0.25) is 0 Å². The second-order valence-electron chi connectivity index (χ2n) is 3.39. The van der Waals surface area contributed by atoms with E-state index < -0.39 is 0 Å². The van der Waals surface area contributed by atoms with E-state index in [0.717, 1.165) is 5.69 Å². The van der Waals surface area contributed by atoms with Crippen molar-refractivity contribution in [3.05, 3.63) is 39.2 Å².